The number of nitrogens with two attached hydrogens (primary N) is 1. The number of carbonyl (C=O) groups is 2. The molecule has 0 saturated heterocycles. The summed E-state index contributed by atoms with van der Waals surface area (Å²) < 4.78 is 0. The minimum absolute atomic E-state index is 0.0132. The summed E-state index contributed by atoms with van der Waals surface area (Å²) >= 11 is 13.3. The third-order valence-corrected chi connectivity index (χ3v) is 6.33. The predicted octanol–water partition coefficient (Wildman–Crippen LogP) is 4.11. The van der Waals surface area contributed by atoms with Crippen molar-refractivity contribution in [3.63, 3.8) is 0 Å². The molecule has 1 aliphatic carbocycles. The number of Topliss-reactive ketones (excluding diaryl/α,β-unsaturated/α-hetero) is 2. The normalized spacial score (nSPS) is 23.3. The van der Waals surface area contributed by atoms with Crippen LogP contribution in [0, 0.1) is 0 Å². The number of phenolic OH excluding ortho intramolecular Hbond substituents is 1. The smallest absolute Gasteiger partial charge is 0.174 e. The molecule has 24 heavy (non-hydrogen) atoms. The largest absolute Gasteiger partial charge is 0.506 e. The van der Waals surface area contributed by atoms with Gasteiger partial charge in [0.2, 0.25) is 0 Å². The minimum atomic E-state index is -0.508. The van der Waals surface area contributed by atoms with Crippen LogP contribution in [0.5, 0.6) is 5.75 Å². The fraction of sp³-hybridized carbons (Fsp3) is 0.412. The van der Waals surface area contributed by atoms with E-state index in [0.717, 1.165) is 31.3 Å². The van der Waals surface area contributed by atoms with Crippen LogP contribution in [0.1, 0.15) is 42.5 Å². The average molecular weight is 386 g/mol. The van der Waals surface area contributed by atoms with Crippen molar-refractivity contribution in [1.29, 1.82) is 0 Å². The van der Waals surface area contributed by atoms with E-state index in [4.69, 9.17) is 28.9 Å². The molecular weight excluding hydrogens is 369 g/mol. The van der Waals surface area contributed by atoms with E-state index in [1.54, 1.807) is 11.8 Å². The van der Waals surface area contributed by atoms with Gasteiger partial charge in [-0.15, -0.1) is 11.8 Å². The lowest BCUT2D eigenvalue weighted by atomic mass is 9.88. The Morgan fingerprint density at radius 3 is 2.75 bits per heavy atom. The quantitative estimate of drug-likeness (QED) is 0.601. The van der Waals surface area contributed by atoms with Gasteiger partial charge in [-0.25, -0.2) is 0 Å². The average Bonchev–Trinajstić information content (AvgIpc) is 2.86. The van der Waals surface area contributed by atoms with E-state index in [1.807, 2.05) is 0 Å². The SMILES string of the molecule is NC1SC2CCCCC2=C1C(=O)CC(=O)c1cc(Cl)cc(Cl)c1O. The van der Waals surface area contributed by atoms with Crippen molar-refractivity contribution in [1.82, 2.24) is 0 Å². The standard InChI is InChI=1S/C17H17Cl2NO3S/c18-8-5-10(16(23)11(19)6-8)12(21)7-13(22)15-9-3-1-2-4-14(9)24-17(15)20/h5-6,14,17,23H,1-4,7,20H2. The zero-order valence-corrected chi connectivity index (χ0v) is 15.2. The van der Waals surface area contributed by atoms with Crippen LogP contribution >= 0.6 is 35.0 Å². The monoisotopic (exact) mass is 385 g/mol. The number of carbonyl (C=O) groups excluding carboxylic acids is 2. The first kappa shape index (κ1) is 17.8. The molecule has 1 aromatic carbocycles. The van der Waals surface area contributed by atoms with Crippen molar-refractivity contribution in [3.05, 3.63) is 38.9 Å². The number of hydrogen-bond donors (Lipinski definition) is 2. The van der Waals surface area contributed by atoms with Crippen LogP contribution in [0.15, 0.2) is 23.3 Å². The van der Waals surface area contributed by atoms with Gasteiger partial charge in [0.15, 0.2) is 11.6 Å². The van der Waals surface area contributed by atoms with Crippen molar-refractivity contribution < 1.29 is 14.7 Å². The zero-order valence-electron chi connectivity index (χ0n) is 12.9. The first-order valence-electron chi connectivity index (χ1n) is 7.77. The van der Waals surface area contributed by atoms with Crippen LogP contribution < -0.4 is 5.73 Å². The highest BCUT2D eigenvalue weighted by Crippen LogP contribution is 2.45. The summed E-state index contributed by atoms with van der Waals surface area (Å²) in [5.74, 6) is -1.13. The minimum Gasteiger partial charge on any atom is -0.506 e. The van der Waals surface area contributed by atoms with E-state index < -0.39 is 5.78 Å². The second-order valence-corrected chi connectivity index (χ2v) is 8.23. The van der Waals surface area contributed by atoms with Crippen molar-refractivity contribution in [2.45, 2.75) is 42.7 Å². The lowest BCUT2D eigenvalue weighted by Gasteiger charge is -2.19. The van der Waals surface area contributed by atoms with Crippen LogP contribution in [-0.2, 0) is 4.79 Å². The lowest BCUT2D eigenvalue weighted by Crippen LogP contribution is -2.23. The van der Waals surface area contributed by atoms with Gasteiger partial charge in [0.05, 0.1) is 22.4 Å². The molecule has 3 rings (SSSR count). The van der Waals surface area contributed by atoms with E-state index in [0.29, 0.717) is 10.8 Å². The summed E-state index contributed by atoms with van der Waals surface area (Å²) in [5.41, 5.74) is 7.77. The molecule has 4 nitrogen and oxygen atoms in total. The molecule has 1 saturated carbocycles. The number of aromatic hydroxyl groups is 1. The summed E-state index contributed by atoms with van der Waals surface area (Å²) in [6.45, 7) is 0. The van der Waals surface area contributed by atoms with Crippen molar-refractivity contribution >= 4 is 46.5 Å². The van der Waals surface area contributed by atoms with Crippen LogP contribution in [0.4, 0.5) is 0 Å². The first-order valence-corrected chi connectivity index (χ1v) is 9.46. The second kappa shape index (κ2) is 7.08. The molecule has 3 N–H and O–H groups in total. The summed E-state index contributed by atoms with van der Waals surface area (Å²) in [5, 5.41) is 10.1. The van der Waals surface area contributed by atoms with Gasteiger partial charge < -0.3 is 10.8 Å². The number of fused-ring (bicyclic) bond motifs is 1. The molecule has 0 radical (unpaired) electrons. The Balaban J connectivity index is 1.83. The molecule has 1 fully saturated rings. The van der Waals surface area contributed by atoms with Crippen LogP contribution in [0.2, 0.25) is 10.0 Å². The van der Waals surface area contributed by atoms with E-state index in [1.165, 1.54) is 12.1 Å². The molecule has 0 amide bonds. The second-order valence-electron chi connectivity index (χ2n) is 6.04. The Kier molecular flexibility index (Phi) is 5.25. The fourth-order valence-corrected chi connectivity index (χ4v) is 5.30. The Bertz CT molecular complexity index is 748. The van der Waals surface area contributed by atoms with Gasteiger partial charge in [-0.3, -0.25) is 9.59 Å². The maximum absolute atomic E-state index is 12.7. The van der Waals surface area contributed by atoms with Crippen molar-refractivity contribution in [3.8, 4) is 5.75 Å². The van der Waals surface area contributed by atoms with E-state index >= 15 is 0 Å². The Morgan fingerprint density at radius 1 is 1.25 bits per heavy atom. The summed E-state index contributed by atoms with van der Waals surface area (Å²) in [4.78, 5) is 25.1. The zero-order chi connectivity index (χ0) is 17.4. The number of benzene rings is 1. The Labute approximate surface area is 154 Å². The maximum Gasteiger partial charge on any atom is 0.174 e. The Hall–Kier alpha value is -1.01. The molecule has 2 atom stereocenters. The van der Waals surface area contributed by atoms with Crippen LogP contribution in [0.3, 0.4) is 0 Å². The highest BCUT2D eigenvalue weighted by Gasteiger charge is 2.37. The first-order chi connectivity index (χ1) is 11.4. The van der Waals surface area contributed by atoms with Gasteiger partial charge in [-0.05, 0) is 37.0 Å². The van der Waals surface area contributed by atoms with Crippen molar-refractivity contribution in [2.75, 3.05) is 0 Å². The summed E-state index contributed by atoms with van der Waals surface area (Å²) in [7, 11) is 0. The van der Waals surface area contributed by atoms with E-state index in [-0.39, 0.29) is 38.9 Å². The summed E-state index contributed by atoms with van der Waals surface area (Å²) in [6.07, 6.45) is 3.75. The highest BCUT2D eigenvalue weighted by atomic mass is 35.5. The third-order valence-electron chi connectivity index (χ3n) is 4.44. The molecule has 2 aliphatic rings. The van der Waals surface area contributed by atoms with Gasteiger partial charge in [0.1, 0.15) is 5.75 Å². The highest BCUT2D eigenvalue weighted by molar-refractivity contribution is 8.01. The molecule has 0 bridgehead atoms. The topological polar surface area (TPSA) is 80.4 Å². The van der Waals surface area contributed by atoms with E-state index in [9.17, 15) is 14.7 Å². The molecule has 1 heterocycles. The van der Waals surface area contributed by atoms with Crippen molar-refractivity contribution in [2.24, 2.45) is 5.73 Å². The molecular formula is C17H17Cl2NO3S. The lowest BCUT2D eigenvalue weighted by molar-refractivity contribution is -0.114. The molecule has 0 spiro atoms. The molecule has 1 aliphatic heterocycles. The van der Waals surface area contributed by atoms with Gasteiger partial charge in [0.25, 0.3) is 0 Å². The van der Waals surface area contributed by atoms with Gasteiger partial charge in [-0.1, -0.05) is 29.6 Å². The number of hydrogen-bond acceptors (Lipinski definition) is 5. The molecule has 7 heteroatoms. The van der Waals surface area contributed by atoms with Gasteiger partial charge in [-0.2, -0.15) is 0 Å². The fourth-order valence-electron chi connectivity index (χ4n) is 3.32. The maximum atomic E-state index is 12.7. The summed E-state index contributed by atoms with van der Waals surface area (Å²) in [6, 6.07) is 2.67. The van der Waals surface area contributed by atoms with E-state index in [2.05, 4.69) is 0 Å². The predicted molar refractivity (Wildman–Crippen MR) is 96.9 cm³/mol. The van der Waals surface area contributed by atoms with Gasteiger partial charge in [0, 0.05) is 15.8 Å². The molecule has 128 valence electrons. The van der Waals surface area contributed by atoms with Crippen LogP contribution in [0.25, 0.3) is 0 Å². The molecule has 2 unspecified atom stereocenters. The number of phenols is 1. The Morgan fingerprint density at radius 2 is 2.00 bits per heavy atom. The molecule has 0 aromatic heterocycles. The molecule has 1 aromatic rings. The number of halogens is 2. The number of rotatable bonds is 4. The number of thioether (sulfide) groups is 1. The number of ketones is 2. The van der Waals surface area contributed by atoms with Crippen LogP contribution in [-0.4, -0.2) is 27.3 Å². The third kappa shape index (κ3) is 3.36. The van der Waals surface area contributed by atoms with Gasteiger partial charge >= 0.3 is 0 Å².